The van der Waals surface area contributed by atoms with Crippen LogP contribution in [0.15, 0.2) is 66.7 Å². The Balaban J connectivity index is 1.50. The maximum atomic E-state index is 12.4. The lowest BCUT2D eigenvalue weighted by molar-refractivity contribution is 0.0697. The van der Waals surface area contributed by atoms with Gasteiger partial charge in [0.1, 0.15) is 0 Å². The third kappa shape index (κ3) is 4.59. The molecule has 4 rings (SSSR count). The molecule has 1 amide bonds. The maximum absolute atomic E-state index is 12.4. The number of rotatable bonds is 5. The maximum Gasteiger partial charge on any atom is 0.337 e. The quantitative estimate of drug-likeness (QED) is 0.621. The molecule has 2 N–H and O–H groups in total. The summed E-state index contributed by atoms with van der Waals surface area (Å²) in [6.07, 6.45) is 0. The number of aryl methyl sites for hydroxylation is 2. The summed E-state index contributed by atoms with van der Waals surface area (Å²) in [5.41, 5.74) is 5.57. The van der Waals surface area contributed by atoms with Crippen LogP contribution in [0.4, 0.5) is 17.1 Å². The van der Waals surface area contributed by atoms with Gasteiger partial charge in [-0.25, -0.2) is 4.79 Å². The fourth-order valence-corrected chi connectivity index (χ4v) is 4.10. The number of carboxylic acids is 1. The van der Waals surface area contributed by atoms with Gasteiger partial charge in [-0.15, -0.1) is 0 Å². The number of piperazine rings is 1. The molecule has 3 aromatic carbocycles. The molecule has 6 nitrogen and oxygen atoms in total. The second-order valence-corrected chi connectivity index (χ2v) is 8.12. The van der Waals surface area contributed by atoms with Gasteiger partial charge in [0.25, 0.3) is 5.91 Å². The highest BCUT2D eigenvalue weighted by molar-refractivity contribution is 6.05. The van der Waals surface area contributed by atoms with E-state index in [1.165, 1.54) is 22.9 Å². The monoisotopic (exact) mass is 429 g/mol. The number of benzene rings is 3. The van der Waals surface area contributed by atoms with Gasteiger partial charge in [0.05, 0.1) is 11.3 Å². The summed E-state index contributed by atoms with van der Waals surface area (Å²) in [6.45, 7) is 7.29. The summed E-state index contributed by atoms with van der Waals surface area (Å²) in [4.78, 5) is 28.9. The summed E-state index contributed by atoms with van der Waals surface area (Å²) in [5.74, 6) is -1.27. The molecule has 0 unspecified atom stereocenters. The molecule has 6 heteroatoms. The van der Waals surface area contributed by atoms with Gasteiger partial charge in [0, 0.05) is 43.1 Å². The fourth-order valence-electron chi connectivity index (χ4n) is 4.10. The first-order valence-electron chi connectivity index (χ1n) is 10.7. The van der Waals surface area contributed by atoms with Gasteiger partial charge in [0.15, 0.2) is 0 Å². The molecule has 0 aliphatic carbocycles. The molecule has 0 aromatic heterocycles. The Bertz CT molecular complexity index is 1140. The highest BCUT2D eigenvalue weighted by atomic mass is 16.4. The van der Waals surface area contributed by atoms with Gasteiger partial charge in [-0.3, -0.25) is 4.79 Å². The first-order chi connectivity index (χ1) is 15.4. The summed E-state index contributed by atoms with van der Waals surface area (Å²) >= 11 is 0. The van der Waals surface area contributed by atoms with E-state index < -0.39 is 5.97 Å². The Labute approximate surface area is 188 Å². The molecule has 1 aliphatic heterocycles. The van der Waals surface area contributed by atoms with Crippen molar-refractivity contribution in [1.82, 2.24) is 0 Å². The molecular formula is C26H27N3O3. The lowest BCUT2D eigenvalue weighted by Crippen LogP contribution is -2.47. The Hall–Kier alpha value is -3.80. The number of hydrogen-bond donors (Lipinski definition) is 2. The molecule has 32 heavy (non-hydrogen) atoms. The number of hydrogen-bond acceptors (Lipinski definition) is 4. The molecule has 1 heterocycles. The van der Waals surface area contributed by atoms with Crippen molar-refractivity contribution in [2.24, 2.45) is 0 Å². The van der Waals surface area contributed by atoms with Gasteiger partial charge in [-0.2, -0.15) is 0 Å². The van der Waals surface area contributed by atoms with Gasteiger partial charge in [0.2, 0.25) is 0 Å². The summed E-state index contributed by atoms with van der Waals surface area (Å²) in [6, 6.07) is 20.4. The van der Waals surface area contributed by atoms with Crippen LogP contribution >= 0.6 is 0 Å². The molecule has 0 saturated carbocycles. The van der Waals surface area contributed by atoms with Crippen molar-refractivity contribution in [3.05, 3.63) is 89.0 Å². The van der Waals surface area contributed by atoms with Gasteiger partial charge >= 0.3 is 5.97 Å². The molecule has 1 fully saturated rings. The molecule has 0 atom stereocenters. The van der Waals surface area contributed by atoms with Gasteiger partial charge in [-0.05, 0) is 61.4 Å². The third-order valence-electron chi connectivity index (χ3n) is 5.85. The third-order valence-corrected chi connectivity index (χ3v) is 5.85. The van der Waals surface area contributed by atoms with E-state index in [9.17, 15) is 14.7 Å². The number of carbonyl (C=O) groups is 2. The first kappa shape index (κ1) is 21.4. The molecule has 3 aromatic rings. The van der Waals surface area contributed by atoms with Crippen LogP contribution < -0.4 is 15.1 Å². The van der Waals surface area contributed by atoms with Crippen LogP contribution in [0, 0.1) is 13.8 Å². The van der Waals surface area contributed by atoms with Crippen molar-refractivity contribution < 1.29 is 14.7 Å². The number of anilines is 3. The minimum absolute atomic E-state index is 0.191. The molecule has 0 spiro atoms. The number of aromatic carboxylic acids is 1. The second kappa shape index (κ2) is 9.14. The first-order valence-corrected chi connectivity index (χ1v) is 10.7. The second-order valence-electron chi connectivity index (χ2n) is 8.12. The van der Waals surface area contributed by atoms with Crippen LogP contribution in [0.2, 0.25) is 0 Å². The zero-order valence-corrected chi connectivity index (χ0v) is 18.3. The van der Waals surface area contributed by atoms with E-state index in [-0.39, 0.29) is 11.5 Å². The Morgan fingerprint density at radius 1 is 0.812 bits per heavy atom. The predicted molar refractivity (Wildman–Crippen MR) is 128 cm³/mol. The van der Waals surface area contributed by atoms with E-state index in [2.05, 4.69) is 47.2 Å². The number of nitrogens with one attached hydrogen (secondary N) is 1. The minimum Gasteiger partial charge on any atom is -0.478 e. The summed E-state index contributed by atoms with van der Waals surface area (Å²) in [7, 11) is 0. The number of carbonyl (C=O) groups excluding carboxylic acids is 1. The topological polar surface area (TPSA) is 72.9 Å². The SMILES string of the molecule is Cc1ccc(C)c(N2CCN(c3ccc(NC(=O)c4ccccc4)cc3C(=O)O)CC2)c1. The van der Waals surface area contributed by atoms with E-state index in [0.717, 1.165) is 26.2 Å². The zero-order valence-electron chi connectivity index (χ0n) is 18.3. The Morgan fingerprint density at radius 2 is 1.47 bits per heavy atom. The average Bonchev–Trinajstić information content (AvgIpc) is 2.81. The van der Waals surface area contributed by atoms with Crippen molar-refractivity contribution >= 4 is 28.9 Å². The largest absolute Gasteiger partial charge is 0.478 e. The van der Waals surface area contributed by atoms with Crippen molar-refractivity contribution in [2.45, 2.75) is 13.8 Å². The summed E-state index contributed by atoms with van der Waals surface area (Å²) in [5, 5.41) is 12.6. The predicted octanol–water partition coefficient (Wildman–Crippen LogP) is 4.58. The highest BCUT2D eigenvalue weighted by Crippen LogP contribution is 2.28. The molecule has 164 valence electrons. The Kier molecular flexibility index (Phi) is 6.12. The van der Waals surface area contributed by atoms with Crippen molar-refractivity contribution in [3.63, 3.8) is 0 Å². The molecular weight excluding hydrogens is 402 g/mol. The minimum atomic E-state index is -1.01. The van der Waals surface area contributed by atoms with E-state index in [1.807, 2.05) is 6.07 Å². The van der Waals surface area contributed by atoms with Crippen molar-refractivity contribution in [3.8, 4) is 0 Å². The van der Waals surface area contributed by atoms with Crippen LogP contribution in [0.5, 0.6) is 0 Å². The smallest absolute Gasteiger partial charge is 0.337 e. The molecule has 0 bridgehead atoms. The average molecular weight is 430 g/mol. The van der Waals surface area contributed by atoms with Crippen LogP contribution in [-0.4, -0.2) is 43.2 Å². The zero-order chi connectivity index (χ0) is 22.7. The van der Waals surface area contributed by atoms with Crippen LogP contribution in [0.25, 0.3) is 0 Å². The van der Waals surface area contributed by atoms with E-state index >= 15 is 0 Å². The van der Waals surface area contributed by atoms with Crippen molar-refractivity contribution in [1.29, 1.82) is 0 Å². The van der Waals surface area contributed by atoms with Crippen molar-refractivity contribution in [2.75, 3.05) is 41.3 Å². The normalized spacial score (nSPS) is 13.7. The lowest BCUT2D eigenvalue weighted by Gasteiger charge is -2.38. The van der Waals surface area contributed by atoms with Crippen LogP contribution in [-0.2, 0) is 0 Å². The number of amides is 1. The molecule has 0 radical (unpaired) electrons. The highest BCUT2D eigenvalue weighted by Gasteiger charge is 2.23. The number of carboxylic acid groups (broad SMARTS) is 1. The fraction of sp³-hybridized carbons (Fsp3) is 0.231. The molecule has 1 saturated heterocycles. The standard InChI is InChI=1S/C26H27N3O3/c1-18-8-9-19(2)24(16-18)29-14-12-28(13-15-29)23-11-10-21(17-22(23)26(31)32)27-25(30)20-6-4-3-5-7-20/h3-11,16-17H,12-15H2,1-2H3,(H,27,30)(H,31,32). The summed E-state index contributed by atoms with van der Waals surface area (Å²) < 4.78 is 0. The lowest BCUT2D eigenvalue weighted by atomic mass is 10.1. The van der Waals surface area contributed by atoms with Gasteiger partial charge < -0.3 is 20.2 Å². The molecule has 1 aliphatic rings. The van der Waals surface area contributed by atoms with Crippen LogP contribution in [0.3, 0.4) is 0 Å². The van der Waals surface area contributed by atoms with Crippen LogP contribution in [0.1, 0.15) is 31.8 Å². The van der Waals surface area contributed by atoms with E-state index in [1.54, 1.807) is 36.4 Å². The Morgan fingerprint density at radius 3 is 2.12 bits per heavy atom. The van der Waals surface area contributed by atoms with E-state index in [0.29, 0.717) is 16.9 Å². The number of nitrogens with zero attached hydrogens (tertiary/aromatic N) is 2. The van der Waals surface area contributed by atoms with Gasteiger partial charge in [-0.1, -0.05) is 30.3 Å². The van der Waals surface area contributed by atoms with E-state index in [4.69, 9.17) is 0 Å².